The van der Waals surface area contributed by atoms with E-state index in [-0.39, 0.29) is 54.5 Å². The van der Waals surface area contributed by atoms with Crippen molar-refractivity contribution in [2.45, 2.75) is 57.8 Å². The molecule has 0 radical (unpaired) electrons. The minimum absolute atomic E-state index is 0.00533. The second-order valence-electron chi connectivity index (χ2n) is 10.6. The zero-order valence-electron chi connectivity index (χ0n) is 21.2. The summed E-state index contributed by atoms with van der Waals surface area (Å²) in [5.74, 6) is -0.242. The maximum atomic E-state index is 13.5. The number of nitrogens with zero attached hydrogens (tertiary/aromatic N) is 3. The molecule has 2 aliphatic heterocycles. The maximum Gasteiger partial charge on any atom is 0.414 e. The van der Waals surface area contributed by atoms with Gasteiger partial charge < -0.3 is 9.47 Å². The number of alkyl halides is 4. The van der Waals surface area contributed by atoms with Crippen LogP contribution in [-0.4, -0.2) is 65.7 Å². The monoisotopic (exact) mass is 569 g/mol. The van der Waals surface area contributed by atoms with E-state index < -0.39 is 39.9 Å². The molecule has 0 aliphatic carbocycles. The fraction of sp³-hybridized carbons (Fsp3) is 0.500. The standard InChI is InChI=1S/C26H27F4N3O5S/c1-15(27)38-19-5-3-4-16(8-19)23-24-20(33(32-23)18-6-7-37-22(10-18)26(28,29)30)9-17(12-31-24)21(34)11-25(2)13-39(35,36)14-25/h3-5,8-9,12,15,18,22H,6-7,10-11,13-14H2,1-2H3/t15?,18?,22-/m0/s1. The number of rotatable bonds is 7. The maximum absolute atomic E-state index is 13.5. The first-order valence-electron chi connectivity index (χ1n) is 12.4. The molecule has 0 spiro atoms. The van der Waals surface area contributed by atoms with Gasteiger partial charge in [0.1, 0.15) is 17.0 Å². The van der Waals surface area contributed by atoms with Gasteiger partial charge in [0.15, 0.2) is 21.7 Å². The Labute approximate surface area is 222 Å². The van der Waals surface area contributed by atoms with Gasteiger partial charge in [-0.1, -0.05) is 19.1 Å². The molecule has 2 saturated heterocycles. The van der Waals surface area contributed by atoms with Gasteiger partial charge in [-0.2, -0.15) is 18.3 Å². The van der Waals surface area contributed by atoms with Crippen molar-refractivity contribution in [3.63, 3.8) is 0 Å². The van der Waals surface area contributed by atoms with E-state index in [2.05, 4.69) is 10.1 Å². The Kier molecular flexibility index (Phi) is 6.94. The summed E-state index contributed by atoms with van der Waals surface area (Å²) in [5, 5.41) is 4.63. The number of hydrogen-bond donors (Lipinski definition) is 0. The third kappa shape index (κ3) is 5.79. The van der Waals surface area contributed by atoms with Crippen LogP contribution in [0.15, 0.2) is 36.5 Å². The number of halogens is 4. The number of sulfone groups is 1. The number of carbonyl (C=O) groups is 1. The van der Waals surface area contributed by atoms with Gasteiger partial charge in [-0.05, 0) is 24.6 Å². The normalized spacial score (nSPS) is 23.2. The SMILES string of the molecule is CC(F)Oc1cccc(-c2nn(C3CCO[C@H](C(F)(F)F)C3)c3cc(C(=O)CC4(C)CS(=O)(=O)C4)cnc23)c1. The van der Waals surface area contributed by atoms with Crippen LogP contribution in [0.2, 0.25) is 0 Å². The zero-order valence-corrected chi connectivity index (χ0v) is 22.1. The van der Waals surface area contributed by atoms with E-state index in [1.807, 2.05) is 0 Å². The Morgan fingerprint density at radius 1 is 1.28 bits per heavy atom. The molecule has 3 aromatic rings. The molecule has 4 heterocycles. The second-order valence-corrected chi connectivity index (χ2v) is 12.7. The molecule has 1 aromatic carbocycles. The molecule has 39 heavy (non-hydrogen) atoms. The molecule has 13 heteroatoms. The summed E-state index contributed by atoms with van der Waals surface area (Å²) in [6, 6.07) is 7.31. The third-order valence-corrected chi connectivity index (χ3v) is 9.24. The number of ketones is 1. The van der Waals surface area contributed by atoms with E-state index in [4.69, 9.17) is 9.47 Å². The molecule has 0 saturated carbocycles. The number of pyridine rings is 1. The lowest BCUT2D eigenvalue weighted by Gasteiger charge is -2.37. The van der Waals surface area contributed by atoms with Crippen LogP contribution in [0.5, 0.6) is 5.75 Å². The van der Waals surface area contributed by atoms with Gasteiger partial charge in [-0.3, -0.25) is 14.5 Å². The van der Waals surface area contributed by atoms with Crippen LogP contribution in [0.25, 0.3) is 22.3 Å². The average molecular weight is 570 g/mol. The Balaban J connectivity index is 1.56. The highest BCUT2D eigenvalue weighted by Crippen LogP contribution is 2.39. The molecule has 2 aromatic heterocycles. The van der Waals surface area contributed by atoms with Crippen molar-refractivity contribution in [3.8, 4) is 17.0 Å². The van der Waals surface area contributed by atoms with E-state index in [1.54, 1.807) is 37.3 Å². The fourth-order valence-electron chi connectivity index (χ4n) is 5.39. The number of benzene rings is 1. The van der Waals surface area contributed by atoms with Crippen molar-refractivity contribution in [1.29, 1.82) is 0 Å². The van der Waals surface area contributed by atoms with Crippen LogP contribution in [-0.2, 0) is 14.6 Å². The van der Waals surface area contributed by atoms with Gasteiger partial charge in [0.2, 0.25) is 6.36 Å². The number of aromatic nitrogens is 3. The molecule has 5 rings (SSSR count). The van der Waals surface area contributed by atoms with Crippen molar-refractivity contribution in [2.75, 3.05) is 18.1 Å². The number of ether oxygens (including phenoxy) is 2. The van der Waals surface area contributed by atoms with Gasteiger partial charge in [-0.25, -0.2) is 12.8 Å². The minimum Gasteiger partial charge on any atom is -0.461 e. The van der Waals surface area contributed by atoms with E-state index in [0.29, 0.717) is 22.3 Å². The third-order valence-electron chi connectivity index (χ3n) is 6.97. The van der Waals surface area contributed by atoms with E-state index in [1.165, 1.54) is 17.8 Å². The lowest BCUT2D eigenvalue weighted by atomic mass is 9.86. The van der Waals surface area contributed by atoms with Crippen molar-refractivity contribution in [1.82, 2.24) is 14.8 Å². The van der Waals surface area contributed by atoms with Crippen molar-refractivity contribution in [3.05, 3.63) is 42.1 Å². The number of hydrogen-bond acceptors (Lipinski definition) is 7. The number of fused-ring (bicyclic) bond motifs is 1. The van der Waals surface area contributed by atoms with Crippen molar-refractivity contribution >= 4 is 26.7 Å². The average Bonchev–Trinajstić information content (AvgIpc) is 3.21. The van der Waals surface area contributed by atoms with Crippen LogP contribution in [0.1, 0.15) is 49.5 Å². The van der Waals surface area contributed by atoms with Crippen molar-refractivity contribution < 1.29 is 40.2 Å². The molecule has 3 atom stereocenters. The molecule has 0 N–H and O–H groups in total. The summed E-state index contributed by atoms with van der Waals surface area (Å²) in [6.07, 6.45) is -6.81. The Bertz CT molecular complexity index is 1510. The van der Waals surface area contributed by atoms with E-state index in [9.17, 15) is 30.8 Å². The highest BCUT2D eigenvalue weighted by Gasteiger charge is 2.46. The van der Waals surface area contributed by atoms with Gasteiger partial charge in [0, 0.05) is 49.1 Å². The molecule has 0 bridgehead atoms. The highest BCUT2D eigenvalue weighted by molar-refractivity contribution is 7.92. The molecule has 2 unspecified atom stereocenters. The summed E-state index contributed by atoms with van der Waals surface area (Å²) >= 11 is 0. The van der Waals surface area contributed by atoms with Gasteiger partial charge in [0.05, 0.1) is 23.1 Å². The van der Waals surface area contributed by atoms with Gasteiger partial charge >= 0.3 is 6.18 Å². The predicted molar refractivity (Wildman–Crippen MR) is 134 cm³/mol. The van der Waals surface area contributed by atoms with Gasteiger partial charge in [-0.15, -0.1) is 0 Å². The first kappa shape index (κ1) is 27.5. The molecule has 2 aliphatic rings. The summed E-state index contributed by atoms with van der Waals surface area (Å²) in [5.41, 5.74) is 1.10. The van der Waals surface area contributed by atoms with Crippen LogP contribution in [0.3, 0.4) is 0 Å². The first-order chi connectivity index (χ1) is 18.2. The lowest BCUT2D eigenvalue weighted by Crippen LogP contribution is -2.47. The first-order valence-corrected chi connectivity index (χ1v) is 14.3. The molecule has 2 fully saturated rings. The van der Waals surface area contributed by atoms with Crippen LogP contribution in [0, 0.1) is 5.41 Å². The molecular formula is C26H27F4N3O5S. The summed E-state index contributed by atoms with van der Waals surface area (Å²) in [4.78, 5) is 17.6. The minimum atomic E-state index is -4.54. The zero-order chi connectivity index (χ0) is 28.2. The largest absolute Gasteiger partial charge is 0.461 e. The predicted octanol–water partition coefficient (Wildman–Crippen LogP) is 5.08. The van der Waals surface area contributed by atoms with Crippen LogP contribution < -0.4 is 4.74 Å². The summed E-state index contributed by atoms with van der Waals surface area (Å²) in [6.45, 7) is 2.84. The van der Waals surface area contributed by atoms with E-state index in [0.717, 1.165) is 0 Å². The molecule has 8 nitrogen and oxygen atoms in total. The van der Waals surface area contributed by atoms with Crippen LogP contribution >= 0.6 is 0 Å². The van der Waals surface area contributed by atoms with Gasteiger partial charge in [0.25, 0.3) is 0 Å². The lowest BCUT2D eigenvalue weighted by molar-refractivity contribution is -0.234. The number of Topliss-reactive ketones (excluding diaryl/α,β-unsaturated/α-hetero) is 1. The molecule has 0 amide bonds. The summed E-state index contributed by atoms with van der Waals surface area (Å²) < 4.78 is 88.8. The van der Waals surface area contributed by atoms with E-state index >= 15 is 0 Å². The topological polar surface area (TPSA) is 100 Å². The van der Waals surface area contributed by atoms with Crippen molar-refractivity contribution in [2.24, 2.45) is 5.41 Å². The Hall–Kier alpha value is -3.06. The highest BCUT2D eigenvalue weighted by atomic mass is 32.2. The van der Waals surface area contributed by atoms with Crippen LogP contribution in [0.4, 0.5) is 17.6 Å². The Morgan fingerprint density at radius 3 is 2.69 bits per heavy atom. The summed E-state index contributed by atoms with van der Waals surface area (Å²) in [7, 11) is -3.15. The smallest absolute Gasteiger partial charge is 0.414 e. The second kappa shape index (κ2) is 9.84. The fourth-order valence-corrected chi connectivity index (χ4v) is 7.63. The quantitative estimate of drug-likeness (QED) is 0.289. The molecular weight excluding hydrogens is 542 g/mol. The Morgan fingerprint density at radius 2 is 2.03 bits per heavy atom. The molecule has 210 valence electrons. The number of carbonyl (C=O) groups excluding carboxylic acids is 1.